The number of nitrogens with one attached hydrogen (secondary N) is 1. The molecule has 1 saturated heterocycles. The van der Waals surface area contributed by atoms with Gasteiger partial charge in [0.25, 0.3) is 0 Å². The molecular weight excluding hydrogens is 352 g/mol. The van der Waals surface area contributed by atoms with Gasteiger partial charge in [0, 0.05) is 35.9 Å². The van der Waals surface area contributed by atoms with Crippen LogP contribution in [0.25, 0.3) is 5.69 Å². The van der Waals surface area contributed by atoms with Crippen molar-refractivity contribution in [1.29, 1.82) is 5.26 Å². The average molecular weight is 372 g/mol. The highest BCUT2D eigenvalue weighted by Crippen LogP contribution is 2.52. The molecule has 2 aromatic heterocycles. The zero-order valence-electron chi connectivity index (χ0n) is 15.3. The highest BCUT2D eigenvalue weighted by atomic mass is 15.2. The molecule has 2 aliphatic rings. The Morgan fingerprint density at radius 3 is 2.50 bits per heavy atom. The van der Waals surface area contributed by atoms with Crippen molar-refractivity contribution in [1.82, 2.24) is 19.5 Å². The Hall–Kier alpha value is -3.44. The van der Waals surface area contributed by atoms with E-state index in [4.69, 9.17) is 11.0 Å². The molecule has 3 heterocycles. The first kappa shape index (κ1) is 16.7. The largest absolute Gasteiger partial charge is 0.369 e. The maximum absolute atomic E-state index is 8.78. The number of hydrogen-bond donors (Lipinski definition) is 2. The average Bonchev–Trinajstić information content (AvgIpc) is 3.24. The van der Waals surface area contributed by atoms with Gasteiger partial charge >= 0.3 is 0 Å². The summed E-state index contributed by atoms with van der Waals surface area (Å²) in [6.07, 6.45) is 9.10. The summed E-state index contributed by atoms with van der Waals surface area (Å²) in [6, 6.07) is 10.7. The van der Waals surface area contributed by atoms with E-state index in [9.17, 15) is 0 Å². The minimum absolute atomic E-state index is 0.280. The van der Waals surface area contributed by atoms with Crippen molar-refractivity contribution < 1.29 is 0 Å². The molecule has 1 aliphatic carbocycles. The van der Waals surface area contributed by atoms with Crippen LogP contribution in [-0.2, 0) is 0 Å². The van der Waals surface area contributed by atoms with Gasteiger partial charge < -0.3 is 20.5 Å². The van der Waals surface area contributed by atoms with Gasteiger partial charge in [0.2, 0.25) is 0 Å². The van der Waals surface area contributed by atoms with Gasteiger partial charge in [-0.2, -0.15) is 5.26 Å². The first-order valence-corrected chi connectivity index (χ1v) is 9.29. The second-order valence-electron chi connectivity index (χ2n) is 7.56. The summed E-state index contributed by atoms with van der Waals surface area (Å²) in [7, 11) is 0. The van der Waals surface area contributed by atoms with Crippen molar-refractivity contribution in [3.63, 3.8) is 0 Å². The van der Waals surface area contributed by atoms with Gasteiger partial charge in [-0.3, -0.25) is 0 Å². The summed E-state index contributed by atoms with van der Waals surface area (Å²) in [4.78, 5) is 14.9. The molecule has 1 aromatic carbocycles. The van der Waals surface area contributed by atoms with Crippen LogP contribution in [0.4, 0.5) is 17.3 Å². The normalized spacial score (nSPS) is 19.6. The predicted octanol–water partition coefficient (Wildman–Crippen LogP) is 2.21. The van der Waals surface area contributed by atoms with E-state index >= 15 is 0 Å². The molecule has 0 unspecified atom stereocenters. The van der Waals surface area contributed by atoms with Crippen LogP contribution in [0.15, 0.2) is 49.2 Å². The number of anilines is 3. The number of aromatic nitrogens is 4. The molecule has 5 rings (SSSR count). The fourth-order valence-corrected chi connectivity index (χ4v) is 3.82. The Labute approximate surface area is 162 Å². The van der Waals surface area contributed by atoms with Crippen LogP contribution in [0.1, 0.15) is 18.5 Å². The monoisotopic (exact) mass is 372 g/mol. The Kier molecular flexibility index (Phi) is 3.77. The van der Waals surface area contributed by atoms with Crippen LogP contribution in [0.2, 0.25) is 0 Å². The summed E-state index contributed by atoms with van der Waals surface area (Å²) >= 11 is 0. The van der Waals surface area contributed by atoms with Gasteiger partial charge in [-0.15, -0.1) is 0 Å². The highest BCUT2D eigenvalue weighted by molar-refractivity contribution is 5.55. The van der Waals surface area contributed by atoms with Crippen LogP contribution in [0.3, 0.4) is 0 Å². The molecule has 8 nitrogen and oxygen atoms in total. The van der Waals surface area contributed by atoms with Crippen LogP contribution in [0, 0.1) is 16.7 Å². The van der Waals surface area contributed by atoms with Crippen molar-refractivity contribution in [2.45, 2.75) is 18.9 Å². The van der Waals surface area contributed by atoms with Crippen molar-refractivity contribution >= 4 is 17.3 Å². The third-order valence-corrected chi connectivity index (χ3v) is 5.72. The molecule has 1 saturated carbocycles. The molecule has 3 aromatic rings. The van der Waals surface area contributed by atoms with Crippen molar-refractivity contribution in [3.8, 4) is 11.8 Å². The molecule has 0 bridgehead atoms. The molecule has 140 valence electrons. The lowest BCUT2D eigenvalue weighted by molar-refractivity contribution is 0.500. The summed E-state index contributed by atoms with van der Waals surface area (Å²) in [5.41, 5.74) is 9.22. The summed E-state index contributed by atoms with van der Waals surface area (Å²) < 4.78 is 1.95. The van der Waals surface area contributed by atoms with Crippen molar-refractivity contribution in [2.75, 3.05) is 23.3 Å². The number of imidazole rings is 1. The van der Waals surface area contributed by atoms with E-state index in [2.05, 4.69) is 49.4 Å². The predicted molar refractivity (Wildman–Crippen MR) is 105 cm³/mol. The molecule has 0 amide bonds. The quantitative estimate of drug-likeness (QED) is 0.722. The van der Waals surface area contributed by atoms with Gasteiger partial charge in [-0.25, -0.2) is 15.0 Å². The van der Waals surface area contributed by atoms with Gasteiger partial charge in [-0.05, 0) is 37.1 Å². The van der Waals surface area contributed by atoms with Gasteiger partial charge in [-0.1, -0.05) is 0 Å². The van der Waals surface area contributed by atoms with Crippen LogP contribution < -0.4 is 16.0 Å². The first-order chi connectivity index (χ1) is 13.6. The second kappa shape index (κ2) is 6.32. The lowest BCUT2D eigenvalue weighted by Gasteiger charge is -2.18. The van der Waals surface area contributed by atoms with E-state index in [1.54, 1.807) is 6.33 Å². The molecule has 3 N–H and O–H groups in total. The Morgan fingerprint density at radius 2 is 1.86 bits per heavy atom. The van der Waals surface area contributed by atoms with Crippen LogP contribution >= 0.6 is 0 Å². The Balaban J connectivity index is 1.28. The minimum Gasteiger partial charge on any atom is -0.369 e. The van der Waals surface area contributed by atoms with Crippen molar-refractivity contribution in [3.05, 3.63) is 54.9 Å². The zero-order valence-corrected chi connectivity index (χ0v) is 15.3. The number of rotatable bonds is 4. The summed E-state index contributed by atoms with van der Waals surface area (Å²) in [5.74, 6) is 1.20. The molecule has 28 heavy (non-hydrogen) atoms. The van der Waals surface area contributed by atoms with Gasteiger partial charge in [0.05, 0.1) is 18.6 Å². The van der Waals surface area contributed by atoms with E-state index in [1.807, 2.05) is 16.8 Å². The van der Waals surface area contributed by atoms with E-state index in [-0.39, 0.29) is 5.69 Å². The first-order valence-electron chi connectivity index (χ1n) is 9.29. The Morgan fingerprint density at radius 1 is 1.07 bits per heavy atom. The number of nitrogens with zero attached hydrogens (tertiary/aromatic N) is 6. The zero-order chi connectivity index (χ0) is 19.1. The third kappa shape index (κ3) is 2.96. The highest BCUT2D eigenvalue weighted by Gasteiger charge is 2.53. The van der Waals surface area contributed by atoms with Gasteiger partial charge in [0.15, 0.2) is 5.69 Å². The smallest absolute Gasteiger partial charge is 0.158 e. The molecule has 1 atom stereocenters. The number of hydrogen-bond acceptors (Lipinski definition) is 7. The molecule has 1 aliphatic heterocycles. The second-order valence-corrected chi connectivity index (χ2v) is 7.56. The summed E-state index contributed by atoms with van der Waals surface area (Å²) in [6.45, 7) is 2.00. The van der Waals surface area contributed by atoms with E-state index in [0.717, 1.165) is 18.8 Å². The lowest BCUT2D eigenvalue weighted by atomic mass is 10.0. The molecule has 8 heteroatoms. The van der Waals surface area contributed by atoms with E-state index in [1.165, 1.54) is 30.9 Å². The number of benzene rings is 1. The van der Waals surface area contributed by atoms with Gasteiger partial charge in [0.1, 0.15) is 24.0 Å². The fraction of sp³-hybridized carbons (Fsp3) is 0.300. The lowest BCUT2D eigenvalue weighted by Crippen LogP contribution is -2.30. The van der Waals surface area contributed by atoms with E-state index in [0.29, 0.717) is 23.1 Å². The topological polar surface area (TPSA) is 109 Å². The standard InChI is InChI=1S/C20H20N8/c21-7-14-8-24-18(9-23-14)26-19-11-28(13-25-19)16-3-1-15(2-4-16)27-10-17(22)20(12-27)5-6-20/h1-4,8-9,11,13,17H,5-6,10,12,22H2,(H,24,26)/t17-/m0/s1. The third-order valence-electron chi connectivity index (χ3n) is 5.72. The van der Waals surface area contributed by atoms with Crippen LogP contribution in [-0.4, -0.2) is 38.7 Å². The minimum atomic E-state index is 0.280. The summed E-state index contributed by atoms with van der Waals surface area (Å²) in [5, 5.41) is 11.9. The SMILES string of the molecule is N#Cc1cnc(Nc2cn(-c3ccc(N4C[C@H](N)C5(CC5)C4)cc3)cn2)cn1. The van der Waals surface area contributed by atoms with Crippen LogP contribution in [0.5, 0.6) is 0 Å². The molecular formula is C20H20N8. The number of nitriles is 1. The maximum atomic E-state index is 8.78. The molecule has 0 radical (unpaired) electrons. The molecule has 2 fully saturated rings. The maximum Gasteiger partial charge on any atom is 0.158 e. The van der Waals surface area contributed by atoms with E-state index < -0.39 is 0 Å². The Bertz CT molecular complexity index is 1030. The number of nitrogens with two attached hydrogens (primary N) is 1. The fourth-order valence-electron chi connectivity index (χ4n) is 3.82. The van der Waals surface area contributed by atoms with Crippen molar-refractivity contribution in [2.24, 2.45) is 11.1 Å². The molecule has 1 spiro atoms.